The van der Waals surface area contributed by atoms with Crippen LogP contribution >= 0.6 is 0 Å². The minimum Gasteiger partial charge on any atom is -0.352 e. The molecular formula is C21H19N9O. The van der Waals surface area contributed by atoms with Gasteiger partial charge in [-0.05, 0) is 52.9 Å². The molecule has 10 nitrogen and oxygen atoms in total. The lowest BCUT2D eigenvalue weighted by molar-refractivity contribution is 0.0746. The van der Waals surface area contributed by atoms with Crippen LogP contribution in [-0.2, 0) is 0 Å². The molecule has 1 fully saturated rings. The fourth-order valence-corrected chi connectivity index (χ4v) is 3.55. The van der Waals surface area contributed by atoms with Crippen molar-refractivity contribution in [1.82, 2.24) is 40.3 Å². The van der Waals surface area contributed by atoms with Crippen molar-refractivity contribution >= 4 is 11.7 Å². The number of hydrogen-bond donors (Lipinski definition) is 0. The maximum atomic E-state index is 13.0. The molecule has 1 aliphatic rings. The molecule has 0 atom stereocenters. The van der Waals surface area contributed by atoms with Crippen LogP contribution in [0, 0.1) is 0 Å². The number of hydrogen-bond acceptors (Lipinski definition) is 8. The molecule has 3 aromatic heterocycles. The third-order valence-corrected chi connectivity index (χ3v) is 5.22. The van der Waals surface area contributed by atoms with E-state index >= 15 is 0 Å². The maximum Gasteiger partial charge on any atom is 0.254 e. The number of anilines is 1. The maximum absolute atomic E-state index is 13.0. The fraction of sp³-hybridized carbons (Fsp3) is 0.190. The Morgan fingerprint density at radius 2 is 1.74 bits per heavy atom. The monoisotopic (exact) mass is 413 g/mol. The molecule has 0 radical (unpaired) electrons. The number of benzene rings is 1. The molecular weight excluding hydrogens is 394 g/mol. The van der Waals surface area contributed by atoms with Gasteiger partial charge in [0.2, 0.25) is 0 Å². The first-order valence-electron chi connectivity index (χ1n) is 9.90. The highest BCUT2D eigenvalue weighted by Crippen LogP contribution is 2.19. The zero-order valence-corrected chi connectivity index (χ0v) is 16.6. The summed E-state index contributed by atoms with van der Waals surface area (Å²) in [5, 5.41) is 19.9. The SMILES string of the molecule is O=C(c1cccc(-n2cnnn2)c1)N1CCN(c2ccc(-c3ccncc3)nn2)CC1. The van der Waals surface area contributed by atoms with Gasteiger partial charge in [-0.1, -0.05) is 6.07 Å². The Hall–Kier alpha value is -4.21. The Kier molecular flexibility index (Phi) is 5.01. The van der Waals surface area contributed by atoms with Crippen LogP contribution in [0.25, 0.3) is 16.9 Å². The molecule has 0 aliphatic carbocycles. The van der Waals surface area contributed by atoms with Crippen LogP contribution in [0.15, 0.2) is 67.3 Å². The normalized spacial score (nSPS) is 13.9. The van der Waals surface area contributed by atoms with Gasteiger partial charge in [-0.15, -0.1) is 15.3 Å². The van der Waals surface area contributed by atoms with E-state index in [1.807, 2.05) is 47.4 Å². The molecule has 10 heteroatoms. The molecule has 0 saturated carbocycles. The number of amides is 1. The number of aromatic nitrogens is 7. The second-order valence-corrected chi connectivity index (χ2v) is 7.10. The van der Waals surface area contributed by atoms with Crippen molar-refractivity contribution in [1.29, 1.82) is 0 Å². The van der Waals surface area contributed by atoms with E-state index in [0.29, 0.717) is 31.7 Å². The summed E-state index contributed by atoms with van der Waals surface area (Å²) in [5.74, 6) is 0.805. The highest BCUT2D eigenvalue weighted by Gasteiger charge is 2.23. The molecule has 154 valence electrons. The largest absolute Gasteiger partial charge is 0.352 e. The van der Waals surface area contributed by atoms with Crippen molar-refractivity contribution in [2.45, 2.75) is 0 Å². The second-order valence-electron chi connectivity index (χ2n) is 7.10. The number of piperazine rings is 1. The van der Waals surface area contributed by atoms with E-state index in [4.69, 9.17) is 0 Å². The van der Waals surface area contributed by atoms with Crippen LogP contribution in [0.3, 0.4) is 0 Å². The molecule has 0 N–H and O–H groups in total. The van der Waals surface area contributed by atoms with Crippen molar-refractivity contribution in [2.75, 3.05) is 31.1 Å². The minimum atomic E-state index is -0.00584. The zero-order valence-electron chi connectivity index (χ0n) is 16.6. The summed E-state index contributed by atoms with van der Waals surface area (Å²) in [4.78, 5) is 21.0. The molecule has 0 unspecified atom stereocenters. The molecule has 1 amide bonds. The number of pyridine rings is 1. The Labute approximate surface area is 178 Å². The van der Waals surface area contributed by atoms with Gasteiger partial charge in [0.15, 0.2) is 5.82 Å². The molecule has 0 bridgehead atoms. The van der Waals surface area contributed by atoms with E-state index < -0.39 is 0 Å². The van der Waals surface area contributed by atoms with Crippen molar-refractivity contribution in [3.05, 3.63) is 72.8 Å². The zero-order chi connectivity index (χ0) is 21.0. The molecule has 1 aromatic carbocycles. The average molecular weight is 413 g/mol. The lowest BCUT2D eigenvalue weighted by Crippen LogP contribution is -2.49. The first-order chi connectivity index (χ1) is 15.3. The molecule has 4 heterocycles. The fourth-order valence-electron chi connectivity index (χ4n) is 3.55. The van der Waals surface area contributed by atoms with Gasteiger partial charge in [-0.2, -0.15) is 0 Å². The first-order valence-corrected chi connectivity index (χ1v) is 9.90. The molecule has 5 rings (SSSR count). The quantitative estimate of drug-likeness (QED) is 0.495. The van der Waals surface area contributed by atoms with Crippen molar-refractivity contribution in [3.63, 3.8) is 0 Å². The van der Waals surface area contributed by atoms with Crippen LogP contribution in [-0.4, -0.2) is 72.4 Å². The van der Waals surface area contributed by atoms with E-state index in [9.17, 15) is 4.79 Å². The van der Waals surface area contributed by atoms with E-state index in [0.717, 1.165) is 22.8 Å². The summed E-state index contributed by atoms with van der Waals surface area (Å²) in [5.41, 5.74) is 3.15. The Bertz CT molecular complexity index is 1160. The number of carbonyl (C=O) groups excluding carboxylic acids is 1. The van der Waals surface area contributed by atoms with E-state index in [2.05, 4.69) is 35.6 Å². The van der Waals surface area contributed by atoms with Crippen molar-refractivity contribution in [2.24, 2.45) is 0 Å². The molecule has 1 saturated heterocycles. The van der Waals surface area contributed by atoms with Gasteiger partial charge in [-0.25, -0.2) is 4.68 Å². The number of rotatable bonds is 4. The minimum absolute atomic E-state index is 0.00584. The molecule has 31 heavy (non-hydrogen) atoms. The van der Waals surface area contributed by atoms with Crippen LogP contribution in [0.5, 0.6) is 0 Å². The third kappa shape index (κ3) is 3.95. The van der Waals surface area contributed by atoms with Gasteiger partial charge in [-0.3, -0.25) is 9.78 Å². The van der Waals surface area contributed by atoms with Crippen molar-refractivity contribution < 1.29 is 4.79 Å². The van der Waals surface area contributed by atoms with Crippen LogP contribution < -0.4 is 4.90 Å². The summed E-state index contributed by atoms with van der Waals surface area (Å²) in [6.45, 7) is 2.62. The topological polar surface area (TPSA) is 106 Å². The third-order valence-electron chi connectivity index (χ3n) is 5.22. The van der Waals surface area contributed by atoms with E-state index in [1.54, 1.807) is 18.5 Å². The predicted molar refractivity (Wildman–Crippen MR) is 113 cm³/mol. The van der Waals surface area contributed by atoms with Crippen LogP contribution in [0.2, 0.25) is 0 Å². The Morgan fingerprint density at radius 3 is 2.45 bits per heavy atom. The molecule has 0 spiro atoms. The van der Waals surface area contributed by atoms with Gasteiger partial charge in [0.05, 0.1) is 11.4 Å². The summed E-state index contributed by atoms with van der Waals surface area (Å²) < 4.78 is 1.53. The average Bonchev–Trinajstić information content (AvgIpc) is 3.40. The standard InChI is InChI=1S/C21H19N9O/c31-21(17-2-1-3-18(14-17)30-15-23-26-27-30)29-12-10-28(11-13-29)20-5-4-19(24-25-20)16-6-8-22-9-7-16/h1-9,14-15H,10-13H2. The number of carbonyl (C=O) groups is 1. The van der Waals surface area contributed by atoms with Crippen molar-refractivity contribution in [3.8, 4) is 16.9 Å². The van der Waals surface area contributed by atoms with E-state index in [1.165, 1.54) is 11.0 Å². The second kappa shape index (κ2) is 8.27. The number of tetrazole rings is 1. The number of nitrogens with zero attached hydrogens (tertiary/aromatic N) is 9. The van der Waals surface area contributed by atoms with Gasteiger partial charge in [0.1, 0.15) is 6.33 Å². The lowest BCUT2D eigenvalue weighted by Gasteiger charge is -2.35. The van der Waals surface area contributed by atoms with E-state index in [-0.39, 0.29) is 5.91 Å². The highest BCUT2D eigenvalue weighted by molar-refractivity contribution is 5.95. The summed E-state index contributed by atoms with van der Waals surface area (Å²) >= 11 is 0. The van der Waals surface area contributed by atoms with Gasteiger partial charge >= 0.3 is 0 Å². The predicted octanol–water partition coefficient (Wildman–Crippen LogP) is 1.48. The van der Waals surface area contributed by atoms with Gasteiger partial charge in [0, 0.05) is 49.7 Å². The first kappa shape index (κ1) is 18.8. The summed E-state index contributed by atoms with van der Waals surface area (Å²) in [6, 6.07) is 15.0. The van der Waals surface area contributed by atoms with Gasteiger partial charge < -0.3 is 9.80 Å². The lowest BCUT2D eigenvalue weighted by atomic mass is 10.1. The Morgan fingerprint density at radius 1 is 0.903 bits per heavy atom. The molecule has 4 aromatic rings. The molecule has 1 aliphatic heterocycles. The highest BCUT2D eigenvalue weighted by atomic mass is 16.2. The van der Waals surface area contributed by atoms with Crippen LogP contribution in [0.1, 0.15) is 10.4 Å². The summed E-state index contributed by atoms with van der Waals surface area (Å²) in [6.07, 6.45) is 4.97. The smallest absolute Gasteiger partial charge is 0.254 e. The summed E-state index contributed by atoms with van der Waals surface area (Å²) in [7, 11) is 0. The Balaban J connectivity index is 1.23. The van der Waals surface area contributed by atoms with Crippen LogP contribution in [0.4, 0.5) is 5.82 Å². The van der Waals surface area contributed by atoms with Gasteiger partial charge in [0.25, 0.3) is 5.91 Å².